The van der Waals surface area contributed by atoms with Crippen molar-refractivity contribution in [3.8, 4) is 0 Å². The Bertz CT molecular complexity index is 494. The largest absolute Gasteiger partial charge is 0.341 e. The van der Waals surface area contributed by atoms with Crippen LogP contribution in [0, 0.1) is 6.92 Å². The summed E-state index contributed by atoms with van der Waals surface area (Å²) in [5.41, 5.74) is 3.23. The van der Waals surface area contributed by atoms with Crippen LogP contribution in [0.5, 0.6) is 0 Å². The Morgan fingerprint density at radius 1 is 1.19 bits per heavy atom. The van der Waals surface area contributed by atoms with Crippen molar-refractivity contribution in [1.82, 2.24) is 4.57 Å². The van der Waals surface area contributed by atoms with Gasteiger partial charge in [-0.05, 0) is 24.6 Å². The van der Waals surface area contributed by atoms with Crippen LogP contribution in [-0.4, -0.2) is 10.4 Å². The highest BCUT2D eigenvalue weighted by atomic mass is 16.1. The number of Topliss-reactive ketones (excluding diaryl/α,β-unsaturated/α-hetero) is 1. The third-order valence-corrected chi connectivity index (χ3v) is 2.66. The molecule has 2 aromatic rings. The Kier molecular flexibility index (Phi) is 2.91. The number of carbonyl (C=O) groups excluding carboxylic acids is 1. The molecule has 1 aromatic heterocycles. The lowest BCUT2D eigenvalue weighted by atomic mass is 10.1. The summed E-state index contributed by atoms with van der Waals surface area (Å²) in [4.78, 5) is 11.4. The van der Waals surface area contributed by atoms with E-state index in [9.17, 15) is 4.79 Å². The summed E-state index contributed by atoms with van der Waals surface area (Å²) in [5, 5.41) is 0. The molecule has 0 atom stereocenters. The van der Waals surface area contributed by atoms with Crippen molar-refractivity contribution < 1.29 is 4.79 Å². The summed E-state index contributed by atoms with van der Waals surface area (Å²) in [6.07, 6.45) is 1.94. The molecule has 1 heterocycles. The van der Waals surface area contributed by atoms with Crippen LogP contribution in [0.25, 0.3) is 0 Å². The molecule has 0 spiro atoms. The first-order valence-electron chi connectivity index (χ1n) is 5.38. The Hall–Kier alpha value is -1.83. The molecule has 0 unspecified atom stereocenters. The predicted octanol–water partition coefficient (Wildman–Crippen LogP) is 3.05. The highest BCUT2D eigenvalue weighted by molar-refractivity contribution is 5.92. The number of aryl methyl sites for hydroxylation is 1. The molecule has 0 amide bonds. The van der Waals surface area contributed by atoms with E-state index in [-0.39, 0.29) is 5.78 Å². The molecule has 0 saturated heterocycles. The van der Waals surface area contributed by atoms with Gasteiger partial charge < -0.3 is 4.57 Å². The van der Waals surface area contributed by atoms with Crippen molar-refractivity contribution in [1.29, 1.82) is 0 Å². The van der Waals surface area contributed by atoms with E-state index in [1.54, 1.807) is 6.92 Å². The minimum atomic E-state index is 0.108. The number of ketones is 1. The molecule has 1 aromatic carbocycles. The molecular weight excluding hydrogens is 198 g/mol. The first kappa shape index (κ1) is 10.7. The van der Waals surface area contributed by atoms with Crippen LogP contribution >= 0.6 is 0 Å². The lowest BCUT2D eigenvalue weighted by Gasteiger charge is -2.07. The van der Waals surface area contributed by atoms with Gasteiger partial charge >= 0.3 is 0 Å². The summed E-state index contributed by atoms with van der Waals surface area (Å²) in [5.74, 6) is 0.108. The van der Waals surface area contributed by atoms with Gasteiger partial charge in [-0.15, -0.1) is 0 Å². The van der Waals surface area contributed by atoms with E-state index in [4.69, 9.17) is 0 Å². The maximum Gasteiger partial charge on any atom is 0.176 e. The second-order valence-corrected chi connectivity index (χ2v) is 4.06. The van der Waals surface area contributed by atoms with E-state index in [1.807, 2.05) is 22.9 Å². The smallest absolute Gasteiger partial charge is 0.176 e. The Morgan fingerprint density at radius 2 is 1.88 bits per heavy atom. The third-order valence-electron chi connectivity index (χ3n) is 2.66. The molecule has 0 fully saturated rings. The number of hydrogen-bond donors (Lipinski definition) is 0. The van der Waals surface area contributed by atoms with Gasteiger partial charge in [-0.25, -0.2) is 0 Å². The van der Waals surface area contributed by atoms with E-state index in [2.05, 4.69) is 31.2 Å². The van der Waals surface area contributed by atoms with E-state index in [0.29, 0.717) is 0 Å². The van der Waals surface area contributed by atoms with Crippen molar-refractivity contribution in [3.63, 3.8) is 0 Å². The van der Waals surface area contributed by atoms with E-state index in [1.165, 1.54) is 11.1 Å². The van der Waals surface area contributed by atoms with Crippen LogP contribution in [0.3, 0.4) is 0 Å². The van der Waals surface area contributed by atoms with Crippen molar-refractivity contribution in [2.45, 2.75) is 20.4 Å². The van der Waals surface area contributed by atoms with E-state index < -0.39 is 0 Å². The van der Waals surface area contributed by atoms with Crippen LogP contribution in [0.4, 0.5) is 0 Å². The molecule has 0 saturated carbocycles. The maximum absolute atomic E-state index is 11.4. The number of nitrogens with zero attached hydrogens (tertiary/aromatic N) is 1. The lowest BCUT2D eigenvalue weighted by Crippen LogP contribution is -2.06. The van der Waals surface area contributed by atoms with Crippen molar-refractivity contribution >= 4 is 5.78 Å². The predicted molar refractivity (Wildman–Crippen MR) is 64.7 cm³/mol. The minimum Gasteiger partial charge on any atom is -0.341 e. The molecule has 82 valence electrons. The fourth-order valence-electron chi connectivity index (χ4n) is 1.76. The second-order valence-electron chi connectivity index (χ2n) is 4.06. The maximum atomic E-state index is 11.4. The molecular formula is C14H15NO. The zero-order valence-corrected chi connectivity index (χ0v) is 9.60. The summed E-state index contributed by atoms with van der Waals surface area (Å²) in [7, 11) is 0. The summed E-state index contributed by atoms with van der Waals surface area (Å²) in [6, 6.07) is 12.1. The first-order valence-corrected chi connectivity index (χ1v) is 5.38. The molecule has 0 N–H and O–H groups in total. The monoisotopic (exact) mass is 213 g/mol. The molecule has 0 aliphatic rings. The molecule has 0 radical (unpaired) electrons. The van der Waals surface area contributed by atoms with Crippen LogP contribution in [-0.2, 0) is 6.54 Å². The molecule has 0 aliphatic heterocycles. The van der Waals surface area contributed by atoms with Gasteiger partial charge in [0.05, 0.1) is 5.69 Å². The molecule has 2 rings (SSSR count). The summed E-state index contributed by atoms with van der Waals surface area (Å²) >= 11 is 0. The molecule has 2 nitrogen and oxygen atoms in total. The third kappa shape index (κ3) is 2.22. The Morgan fingerprint density at radius 3 is 2.50 bits per heavy atom. The quantitative estimate of drug-likeness (QED) is 0.718. The van der Waals surface area contributed by atoms with E-state index >= 15 is 0 Å². The van der Waals surface area contributed by atoms with Crippen LogP contribution in [0.1, 0.15) is 28.5 Å². The molecule has 16 heavy (non-hydrogen) atoms. The van der Waals surface area contributed by atoms with Crippen LogP contribution in [0.15, 0.2) is 42.6 Å². The van der Waals surface area contributed by atoms with Gasteiger partial charge in [-0.2, -0.15) is 0 Å². The summed E-state index contributed by atoms with van der Waals surface area (Å²) < 4.78 is 1.98. The molecule has 2 heteroatoms. The average molecular weight is 213 g/mol. The molecule has 0 aliphatic carbocycles. The Labute approximate surface area is 95.5 Å². The fourth-order valence-corrected chi connectivity index (χ4v) is 1.76. The van der Waals surface area contributed by atoms with Gasteiger partial charge in [-0.1, -0.05) is 29.8 Å². The van der Waals surface area contributed by atoms with Gasteiger partial charge in [0, 0.05) is 19.7 Å². The highest BCUT2D eigenvalue weighted by Gasteiger charge is 2.05. The zero-order chi connectivity index (χ0) is 11.5. The standard InChI is InChI=1S/C14H15NO/c1-11-5-7-13(8-6-11)10-15-9-3-4-14(15)12(2)16/h3-9H,10H2,1-2H3. The number of rotatable bonds is 3. The highest BCUT2D eigenvalue weighted by Crippen LogP contribution is 2.09. The summed E-state index contributed by atoms with van der Waals surface area (Å²) in [6.45, 7) is 4.42. The first-order chi connectivity index (χ1) is 7.66. The SMILES string of the molecule is CC(=O)c1cccn1Cc1ccc(C)cc1. The Balaban J connectivity index is 2.23. The minimum absolute atomic E-state index is 0.108. The van der Waals surface area contributed by atoms with Gasteiger partial charge in [0.15, 0.2) is 5.78 Å². The number of benzene rings is 1. The number of hydrogen-bond acceptors (Lipinski definition) is 1. The average Bonchev–Trinajstić information content (AvgIpc) is 2.69. The van der Waals surface area contributed by atoms with Crippen molar-refractivity contribution in [2.24, 2.45) is 0 Å². The normalized spacial score (nSPS) is 10.4. The number of aromatic nitrogens is 1. The van der Waals surface area contributed by atoms with Crippen molar-refractivity contribution in [3.05, 3.63) is 59.4 Å². The lowest BCUT2D eigenvalue weighted by molar-refractivity contribution is 0.100. The number of carbonyl (C=O) groups is 1. The topological polar surface area (TPSA) is 22.0 Å². The zero-order valence-electron chi connectivity index (χ0n) is 9.60. The van der Waals surface area contributed by atoms with Gasteiger partial charge in [0.25, 0.3) is 0 Å². The van der Waals surface area contributed by atoms with Gasteiger partial charge in [-0.3, -0.25) is 4.79 Å². The van der Waals surface area contributed by atoms with Crippen LogP contribution < -0.4 is 0 Å². The van der Waals surface area contributed by atoms with Gasteiger partial charge in [0.2, 0.25) is 0 Å². The van der Waals surface area contributed by atoms with E-state index in [0.717, 1.165) is 12.2 Å². The molecule has 0 bridgehead atoms. The second kappa shape index (κ2) is 4.35. The van der Waals surface area contributed by atoms with Crippen LogP contribution in [0.2, 0.25) is 0 Å². The fraction of sp³-hybridized carbons (Fsp3) is 0.214. The van der Waals surface area contributed by atoms with Crippen molar-refractivity contribution in [2.75, 3.05) is 0 Å². The van der Waals surface area contributed by atoms with Gasteiger partial charge in [0.1, 0.15) is 0 Å².